The van der Waals surface area contributed by atoms with Crippen molar-refractivity contribution in [3.8, 4) is 0 Å². The second-order valence-electron chi connectivity index (χ2n) is 2.23. The van der Waals surface area contributed by atoms with E-state index in [-0.39, 0.29) is 0 Å². The van der Waals surface area contributed by atoms with Crippen LogP contribution in [0.1, 0.15) is 11.6 Å². The largest absolute Gasteiger partial charge is 0.329 e. The standard InChI is InChI=1S/C6H12N4/c1-5-8-9-6(2)10(5)4-3-7/h3-4,7H2,1-2H3. The normalized spacial score (nSPS) is 10.3. The quantitative estimate of drug-likeness (QED) is 0.621. The van der Waals surface area contributed by atoms with Crippen molar-refractivity contribution >= 4 is 0 Å². The van der Waals surface area contributed by atoms with Crippen LogP contribution in [0.3, 0.4) is 0 Å². The van der Waals surface area contributed by atoms with Gasteiger partial charge in [-0.05, 0) is 13.8 Å². The average Bonchev–Trinajstić information content (AvgIpc) is 2.20. The summed E-state index contributed by atoms with van der Waals surface area (Å²) in [6.45, 7) is 5.30. The fourth-order valence-electron chi connectivity index (χ4n) is 0.940. The molecule has 4 nitrogen and oxygen atoms in total. The Hall–Kier alpha value is -0.900. The molecule has 1 rings (SSSR count). The SMILES string of the molecule is Cc1nnc(C)n1CCN. The summed E-state index contributed by atoms with van der Waals surface area (Å²) in [6.07, 6.45) is 0. The van der Waals surface area contributed by atoms with Crippen LogP contribution < -0.4 is 5.73 Å². The first-order chi connectivity index (χ1) is 4.75. The van der Waals surface area contributed by atoms with Gasteiger partial charge in [-0.1, -0.05) is 0 Å². The zero-order chi connectivity index (χ0) is 7.56. The van der Waals surface area contributed by atoms with E-state index in [9.17, 15) is 0 Å². The molecular weight excluding hydrogens is 128 g/mol. The van der Waals surface area contributed by atoms with Crippen LogP contribution in [-0.2, 0) is 6.54 Å². The number of nitrogens with two attached hydrogens (primary N) is 1. The van der Waals surface area contributed by atoms with Gasteiger partial charge < -0.3 is 10.3 Å². The molecule has 0 aliphatic carbocycles. The molecule has 2 N–H and O–H groups in total. The van der Waals surface area contributed by atoms with Gasteiger partial charge in [-0.2, -0.15) is 0 Å². The van der Waals surface area contributed by atoms with Crippen molar-refractivity contribution in [2.45, 2.75) is 20.4 Å². The summed E-state index contributed by atoms with van der Waals surface area (Å²) in [5.41, 5.74) is 5.38. The Morgan fingerprint density at radius 3 is 2.20 bits per heavy atom. The van der Waals surface area contributed by atoms with E-state index in [0.29, 0.717) is 6.54 Å². The third-order valence-corrected chi connectivity index (χ3v) is 1.47. The summed E-state index contributed by atoms with van der Waals surface area (Å²) in [7, 11) is 0. The lowest BCUT2D eigenvalue weighted by Crippen LogP contribution is -2.12. The predicted molar refractivity (Wildman–Crippen MR) is 38.6 cm³/mol. The summed E-state index contributed by atoms with van der Waals surface area (Å²) in [5, 5.41) is 7.78. The number of aryl methyl sites for hydroxylation is 2. The molecule has 0 saturated carbocycles. The summed E-state index contributed by atoms with van der Waals surface area (Å²) in [5.74, 6) is 1.87. The Morgan fingerprint density at radius 2 is 1.80 bits per heavy atom. The Kier molecular flexibility index (Phi) is 2.01. The number of rotatable bonds is 2. The molecule has 0 unspecified atom stereocenters. The molecule has 0 bridgehead atoms. The molecule has 0 aromatic carbocycles. The van der Waals surface area contributed by atoms with Gasteiger partial charge in [0.15, 0.2) is 0 Å². The maximum atomic E-state index is 5.38. The van der Waals surface area contributed by atoms with Crippen molar-refractivity contribution in [3.63, 3.8) is 0 Å². The van der Waals surface area contributed by atoms with E-state index in [2.05, 4.69) is 10.2 Å². The smallest absolute Gasteiger partial charge is 0.129 e. The zero-order valence-corrected chi connectivity index (χ0v) is 6.33. The Balaban J connectivity index is 2.87. The van der Waals surface area contributed by atoms with E-state index in [4.69, 9.17) is 5.73 Å². The molecule has 10 heavy (non-hydrogen) atoms. The Labute approximate surface area is 60.1 Å². The second-order valence-corrected chi connectivity index (χ2v) is 2.23. The van der Waals surface area contributed by atoms with Crippen molar-refractivity contribution < 1.29 is 0 Å². The van der Waals surface area contributed by atoms with E-state index in [1.54, 1.807) is 0 Å². The molecule has 0 atom stereocenters. The number of aromatic nitrogens is 3. The number of hydrogen-bond acceptors (Lipinski definition) is 3. The maximum Gasteiger partial charge on any atom is 0.129 e. The van der Waals surface area contributed by atoms with Crippen LogP contribution in [0, 0.1) is 13.8 Å². The molecular formula is C6H12N4. The van der Waals surface area contributed by atoms with Crippen molar-refractivity contribution in [3.05, 3.63) is 11.6 Å². The summed E-state index contributed by atoms with van der Waals surface area (Å²) >= 11 is 0. The lowest BCUT2D eigenvalue weighted by Gasteiger charge is -2.01. The fourth-order valence-corrected chi connectivity index (χ4v) is 0.940. The van der Waals surface area contributed by atoms with E-state index in [1.807, 2.05) is 18.4 Å². The predicted octanol–water partition coefficient (Wildman–Crippen LogP) is -0.146. The van der Waals surface area contributed by atoms with Gasteiger partial charge in [0.2, 0.25) is 0 Å². The van der Waals surface area contributed by atoms with Crippen LogP contribution in [-0.4, -0.2) is 21.3 Å². The Bertz CT molecular complexity index is 196. The summed E-state index contributed by atoms with van der Waals surface area (Å²) in [6, 6.07) is 0. The molecule has 0 amide bonds. The van der Waals surface area contributed by atoms with Gasteiger partial charge >= 0.3 is 0 Å². The first kappa shape index (κ1) is 7.21. The molecule has 0 saturated heterocycles. The lowest BCUT2D eigenvalue weighted by atomic mass is 10.5. The Morgan fingerprint density at radius 1 is 1.30 bits per heavy atom. The lowest BCUT2D eigenvalue weighted by molar-refractivity contribution is 0.664. The van der Waals surface area contributed by atoms with Crippen LogP contribution in [0.4, 0.5) is 0 Å². The molecule has 0 aliphatic rings. The fraction of sp³-hybridized carbons (Fsp3) is 0.667. The van der Waals surface area contributed by atoms with Gasteiger partial charge in [0.05, 0.1) is 0 Å². The van der Waals surface area contributed by atoms with Crippen LogP contribution in [0.5, 0.6) is 0 Å². The van der Waals surface area contributed by atoms with Crippen molar-refractivity contribution in [1.29, 1.82) is 0 Å². The molecule has 0 fully saturated rings. The van der Waals surface area contributed by atoms with Crippen molar-refractivity contribution in [2.75, 3.05) is 6.54 Å². The molecule has 1 aromatic rings. The van der Waals surface area contributed by atoms with E-state index in [1.165, 1.54) is 0 Å². The molecule has 0 aliphatic heterocycles. The summed E-state index contributed by atoms with van der Waals surface area (Å²) < 4.78 is 2.00. The minimum atomic E-state index is 0.639. The molecule has 1 aromatic heterocycles. The minimum absolute atomic E-state index is 0.639. The number of hydrogen-bond donors (Lipinski definition) is 1. The third kappa shape index (κ3) is 1.16. The highest BCUT2D eigenvalue weighted by Crippen LogP contribution is 1.96. The van der Waals surface area contributed by atoms with Crippen molar-refractivity contribution in [1.82, 2.24) is 14.8 Å². The first-order valence-electron chi connectivity index (χ1n) is 3.32. The molecule has 4 heteroatoms. The van der Waals surface area contributed by atoms with Crippen LogP contribution >= 0.6 is 0 Å². The minimum Gasteiger partial charge on any atom is -0.329 e. The van der Waals surface area contributed by atoms with E-state index < -0.39 is 0 Å². The second kappa shape index (κ2) is 2.79. The average molecular weight is 140 g/mol. The topological polar surface area (TPSA) is 56.7 Å². The maximum absolute atomic E-state index is 5.38. The van der Waals surface area contributed by atoms with Gasteiger partial charge in [0.1, 0.15) is 11.6 Å². The molecule has 1 heterocycles. The monoisotopic (exact) mass is 140 g/mol. The van der Waals surface area contributed by atoms with Gasteiger partial charge in [0, 0.05) is 13.1 Å². The summed E-state index contributed by atoms with van der Waals surface area (Å²) in [4.78, 5) is 0. The molecule has 0 radical (unpaired) electrons. The van der Waals surface area contributed by atoms with Crippen molar-refractivity contribution in [2.24, 2.45) is 5.73 Å². The zero-order valence-electron chi connectivity index (χ0n) is 6.33. The highest BCUT2D eigenvalue weighted by molar-refractivity contribution is 4.90. The van der Waals surface area contributed by atoms with Crippen LogP contribution in [0.2, 0.25) is 0 Å². The van der Waals surface area contributed by atoms with Gasteiger partial charge in [0.25, 0.3) is 0 Å². The van der Waals surface area contributed by atoms with Gasteiger partial charge in [-0.25, -0.2) is 0 Å². The highest BCUT2D eigenvalue weighted by atomic mass is 15.3. The third-order valence-electron chi connectivity index (χ3n) is 1.47. The van der Waals surface area contributed by atoms with Gasteiger partial charge in [-0.15, -0.1) is 10.2 Å². The van der Waals surface area contributed by atoms with Gasteiger partial charge in [-0.3, -0.25) is 0 Å². The number of nitrogens with zero attached hydrogens (tertiary/aromatic N) is 3. The molecule has 56 valence electrons. The van der Waals surface area contributed by atoms with Crippen LogP contribution in [0.15, 0.2) is 0 Å². The van der Waals surface area contributed by atoms with Crippen LogP contribution in [0.25, 0.3) is 0 Å². The van der Waals surface area contributed by atoms with E-state index >= 15 is 0 Å². The molecule has 0 spiro atoms. The van der Waals surface area contributed by atoms with E-state index in [0.717, 1.165) is 18.2 Å². The first-order valence-corrected chi connectivity index (χ1v) is 3.32. The highest BCUT2D eigenvalue weighted by Gasteiger charge is 2.00.